The highest BCUT2D eigenvalue weighted by molar-refractivity contribution is 7.89. The van der Waals surface area contributed by atoms with E-state index in [1.54, 1.807) is 24.3 Å². The van der Waals surface area contributed by atoms with Gasteiger partial charge in [0.05, 0.1) is 17.4 Å². The van der Waals surface area contributed by atoms with Crippen molar-refractivity contribution in [3.8, 4) is 6.07 Å². The zero-order valence-corrected chi connectivity index (χ0v) is 11.4. The van der Waals surface area contributed by atoms with Gasteiger partial charge in [-0.25, -0.2) is 8.42 Å². The first-order chi connectivity index (χ1) is 9.04. The molecule has 0 bridgehead atoms. The lowest BCUT2D eigenvalue weighted by molar-refractivity contribution is 0.316. The monoisotopic (exact) mass is 279 g/mol. The summed E-state index contributed by atoms with van der Waals surface area (Å²) >= 11 is 0. The van der Waals surface area contributed by atoms with Crippen LogP contribution in [0.3, 0.4) is 0 Å². The van der Waals surface area contributed by atoms with Gasteiger partial charge in [-0.3, -0.25) is 0 Å². The van der Waals surface area contributed by atoms with Crippen molar-refractivity contribution in [3.63, 3.8) is 0 Å². The second kappa shape index (κ2) is 5.70. The molecule has 1 atom stereocenters. The average molecular weight is 279 g/mol. The van der Waals surface area contributed by atoms with Crippen LogP contribution in [0.15, 0.2) is 29.2 Å². The fourth-order valence-electron chi connectivity index (χ4n) is 2.21. The molecule has 19 heavy (non-hydrogen) atoms. The van der Waals surface area contributed by atoms with Crippen molar-refractivity contribution in [2.24, 2.45) is 5.73 Å². The van der Waals surface area contributed by atoms with Gasteiger partial charge in [-0.15, -0.1) is 0 Å². The Morgan fingerprint density at radius 1 is 1.37 bits per heavy atom. The van der Waals surface area contributed by atoms with E-state index in [1.165, 1.54) is 4.31 Å². The average Bonchev–Trinajstić information content (AvgIpc) is 2.40. The summed E-state index contributed by atoms with van der Waals surface area (Å²) in [6, 6.07) is 8.43. The lowest BCUT2D eigenvalue weighted by atomic mass is 10.1. The van der Waals surface area contributed by atoms with Crippen LogP contribution >= 0.6 is 0 Å². The molecule has 0 radical (unpaired) electrons. The van der Waals surface area contributed by atoms with Gasteiger partial charge in [0.25, 0.3) is 0 Å². The standard InChI is InChI=1S/C13H17N3O2S/c14-8-7-11-3-5-13(6-4-11)19(17,18)16-9-1-2-12(15)10-16/h3-6,12H,1-2,7,9-10,15H2. The first-order valence-electron chi connectivity index (χ1n) is 6.25. The summed E-state index contributed by atoms with van der Waals surface area (Å²) in [4.78, 5) is 0.267. The van der Waals surface area contributed by atoms with E-state index in [1.807, 2.05) is 6.07 Å². The van der Waals surface area contributed by atoms with Gasteiger partial charge >= 0.3 is 0 Å². The number of piperidine rings is 1. The first kappa shape index (κ1) is 14.0. The molecular weight excluding hydrogens is 262 g/mol. The zero-order valence-electron chi connectivity index (χ0n) is 10.6. The van der Waals surface area contributed by atoms with Crippen LogP contribution in [0.5, 0.6) is 0 Å². The smallest absolute Gasteiger partial charge is 0.243 e. The SMILES string of the molecule is N#CCc1ccc(S(=O)(=O)N2CCCC(N)C2)cc1. The Labute approximate surface area is 113 Å². The first-order valence-corrected chi connectivity index (χ1v) is 7.69. The minimum atomic E-state index is -3.46. The number of hydrogen-bond donors (Lipinski definition) is 1. The van der Waals surface area contributed by atoms with Crippen molar-refractivity contribution in [2.75, 3.05) is 13.1 Å². The second-order valence-electron chi connectivity index (χ2n) is 4.74. The Hall–Kier alpha value is -1.42. The van der Waals surface area contributed by atoms with Crippen LogP contribution in [0, 0.1) is 11.3 Å². The van der Waals surface area contributed by atoms with Crippen molar-refractivity contribution >= 4 is 10.0 Å². The number of hydrogen-bond acceptors (Lipinski definition) is 4. The highest BCUT2D eigenvalue weighted by Gasteiger charge is 2.28. The summed E-state index contributed by atoms with van der Waals surface area (Å²) in [7, 11) is -3.46. The fourth-order valence-corrected chi connectivity index (χ4v) is 3.75. The van der Waals surface area contributed by atoms with Gasteiger partial charge in [-0.1, -0.05) is 12.1 Å². The molecule has 0 amide bonds. The molecule has 102 valence electrons. The van der Waals surface area contributed by atoms with Crippen molar-refractivity contribution in [2.45, 2.75) is 30.2 Å². The predicted molar refractivity (Wildman–Crippen MR) is 71.7 cm³/mol. The van der Waals surface area contributed by atoms with Crippen LogP contribution in [0.25, 0.3) is 0 Å². The maximum absolute atomic E-state index is 12.4. The molecule has 1 aliphatic rings. The number of nitrogens with zero attached hydrogens (tertiary/aromatic N) is 2. The quantitative estimate of drug-likeness (QED) is 0.889. The maximum Gasteiger partial charge on any atom is 0.243 e. The van der Waals surface area contributed by atoms with Gasteiger partial charge in [-0.05, 0) is 30.5 Å². The highest BCUT2D eigenvalue weighted by atomic mass is 32.2. The van der Waals surface area contributed by atoms with Crippen molar-refractivity contribution < 1.29 is 8.42 Å². The van der Waals surface area contributed by atoms with E-state index in [0.717, 1.165) is 18.4 Å². The van der Waals surface area contributed by atoms with Gasteiger partial charge < -0.3 is 5.73 Å². The van der Waals surface area contributed by atoms with E-state index >= 15 is 0 Å². The molecule has 0 aromatic heterocycles. The Morgan fingerprint density at radius 3 is 2.63 bits per heavy atom. The largest absolute Gasteiger partial charge is 0.327 e. The number of sulfonamides is 1. The van der Waals surface area contributed by atoms with E-state index in [-0.39, 0.29) is 17.4 Å². The molecule has 1 aromatic rings. The van der Waals surface area contributed by atoms with E-state index in [0.29, 0.717) is 13.1 Å². The van der Waals surface area contributed by atoms with Crippen molar-refractivity contribution in [1.29, 1.82) is 5.26 Å². The Balaban J connectivity index is 2.21. The molecule has 1 aromatic carbocycles. The van der Waals surface area contributed by atoms with E-state index < -0.39 is 10.0 Å². The van der Waals surface area contributed by atoms with Crippen LogP contribution in [-0.2, 0) is 16.4 Å². The summed E-state index contributed by atoms with van der Waals surface area (Å²) in [5, 5.41) is 8.59. The minimum absolute atomic E-state index is 0.0820. The van der Waals surface area contributed by atoms with Gasteiger partial charge in [0.2, 0.25) is 10.0 Å². The lowest BCUT2D eigenvalue weighted by Crippen LogP contribution is -2.45. The number of nitrogens with two attached hydrogens (primary N) is 1. The molecule has 1 heterocycles. The summed E-state index contributed by atoms with van der Waals surface area (Å²) < 4.78 is 26.3. The molecule has 1 aliphatic heterocycles. The number of rotatable bonds is 3. The molecule has 0 aliphatic carbocycles. The third kappa shape index (κ3) is 3.13. The van der Waals surface area contributed by atoms with E-state index in [2.05, 4.69) is 0 Å². The molecule has 2 rings (SSSR count). The van der Waals surface area contributed by atoms with E-state index in [9.17, 15) is 8.42 Å². The van der Waals surface area contributed by atoms with Crippen LogP contribution in [0.4, 0.5) is 0 Å². The molecular formula is C13H17N3O2S. The van der Waals surface area contributed by atoms with Crippen LogP contribution in [0.1, 0.15) is 18.4 Å². The molecule has 0 spiro atoms. The molecule has 1 fully saturated rings. The van der Waals surface area contributed by atoms with Crippen molar-refractivity contribution in [3.05, 3.63) is 29.8 Å². The van der Waals surface area contributed by atoms with Crippen LogP contribution in [-0.4, -0.2) is 31.9 Å². The lowest BCUT2D eigenvalue weighted by Gasteiger charge is -2.29. The third-order valence-electron chi connectivity index (χ3n) is 3.26. The summed E-state index contributed by atoms with van der Waals surface area (Å²) in [6.07, 6.45) is 1.95. The normalized spacial score (nSPS) is 20.9. The Bertz CT molecular complexity index is 575. The topological polar surface area (TPSA) is 87.2 Å². The highest BCUT2D eigenvalue weighted by Crippen LogP contribution is 2.20. The van der Waals surface area contributed by atoms with Gasteiger partial charge in [-0.2, -0.15) is 9.57 Å². The molecule has 5 nitrogen and oxygen atoms in total. The third-order valence-corrected chi connectivity index (χ3v) is 5.14. The molecule has 6 heteroatoms. The summed E-state index contributed by atoms with van der Waals surface area (Å²) in [5.74, 6) is 0. The molecule has 2 N–H and O–H groups in total. The van der Waals surface area contributed by atoms with Gasteiger partial charge in [0.1, 0.15) is 0 Å². The number of nitriles is 1. The Morgan fingerprint density at radius 2 is 2.05 bits per heavy atom. The second-order valence-corrected chi connectivity index (χ2v) is 6.68. The maximum atomic E-state index is 12.4. The molecule has 1 unspecified atom stereocenters. The number of benzene rings is 1. The predicted octanol–water partition coefficient (Wildman–Crippen LogP) is 0.864. The van der Waals surface area contributed by atoms with Crippen LogP contribution < -0.4 is 5.73 Å². The minimum Gasteiger partial charge on any atom is -0.327 e. The van der Waals surface area contributed by atoms with Gasteiger partial charge in [0.15, 0.2) is 0 Å². The fraction of sp³-hybridized carbons (Fsp3) is 0.462. The molecule has 0 saturated carbocycles. The zero-order chi connectivity index (χ0) is 13.9. The van der Waals surface area contributed by atoms with Gasteiger partial charge in [0, 0.05) is 19.1 Å². The molecule has 1 saturated heterocycles. The summed E-state index contributed by atoms with van der Waals surface area (Å²) in [6.45, 7) is 0.901. The Kier molecular flexibility index (Phi) is 4.20. The van der Waals surface area contributed by atoms with Crippen LogP contribution in [0.2, 0.25) is 0 Å². The van der Waals surface area contributed by atoms with E-state index in [4.69, 9.17) is 11.0 Å². The van der Waals surface area contributed by atoms with Crippen molar-refractivity contribution in [1.82, 2.24) is 4.31 Å². The summed E-state index contributed by atoms with van der Waals surface area (Å²) in [5.41, 5.74) is 6.64.